The Kier molecular flexibility index (Phi) is 3.62. The Bertz CT molecular complexity index is 348. The van der Waals surface area contributed by atoms with Crippen LogP contribution < -0.4 is 10.9 Å². The predicted octanol–water partition coefficient (Wildman–Crippen LogP) is 0.534. The first kappa shape index (κ1) is 10.4. The molecule has 0 saturated carbocycles. The van der Waals surface area contributed by atoms with Crippen molar-refractivity contribution < 1.29 is 0 Å². The van der Waals surface area contributed by atoms with Crippen molar-refractivity contribution in [1.82, 2.24) is 14.9 Å². The van der Waals surface area contributed by atoms with E-state index in [4.69, 9.17) is 0 Å². The summed E-state index contributed by atoms with van der Waals surface area (Å²) < 4.78 is 2.15. The van der Waals surface area contributed by atoms with Crippen molar-refractivity contribution in [2.75, 3.05) is 13.6 Å². The van der Waals surface area contributed by atoms with Gasteiger partial charge in [-0.1, -0.05) is 0 Å². The normalized spacial score (nSPS) is 10.4. The van der Waals surface area contributed by atoms with Gasteiger partial charge in [-0.05, 0) is 29.9 Å². The van der Waals surface area contributed by atoms with Crippen molar-refractivity contribution in [3.63, 3.8) is 0 Å². The van der Waals surface area contributed by atoms with Crippen LogP contribution in [0.4, 0.5) is 0 Å². The molecule has 72 valence electrons. The van der Waals surface area contributed by atoms with Gasteiger partial charge in [-0.15, -0.1) is 0 Å². The van der Waals surface area contributed by atoms with Crippen LogP contribution in [0.15, 0.2) is 15.5 Å². The highest BCUT2D eigenvalue weighted by molar-refractivity contribution is 9.10. The highest BCUT2D eigenvalue weighted by atomic mass is 79.9. The van der Waals surface area contributed by atoms with Crippen LogP contribution in [-0.2, 0) is 6.54 Å². The van der Waals surface area contributed by atoms with Crippen LogP contribution in [0.5, 0.6) is 0 Å². The Morgan fingerprint density at radius 3 is 3.00 bits per heavy atom. The molecule has 13 heavy (non-hydrogen) atoms. The third-order valence-corrected chi connectivity index (χ3v) is 2.33. The summed E-state index contributed by atoms with van der Waals surface area (Å²) in [6, 6.07) is 0. The average molecular weight is 246 g/mol. The van der Waals surface area contributed by atoms with Gasteiger partial charge in [0.15, 0.2) is 0 Å². The zero-order chi connectivity index (χ0) is 9.84. The summed E-state index contributed by atoms with van der Waals surface area (Å²) in [5, 5.41) is 2.99. The summed E-state index contributed by atoms with van der Waals surface area (Å²) in [5.74, 6) is 0.739. The first-order valence-corrected chi connectivity index (χ1v) is 4.82. The lowest BCUT2D eigenvalue weighted by atomic mass is 10.5. The van der Waals surface area contributed by atoms with Gasteiger partial charge in [0.1, 0.15) is 10.3 Å². The topological polar surface area (TPSA) is 46.9 Å². The van der Waals surface area contributed by atoms with Crippen LogP contribution in [0.2, 0.25) is 0 Å². The molecule has 0 atom stereocenters. The molecule has 1 aromatic rings. The molecule has 0 aliphatic carbocycles. The Labute approximate surface area is 85.1 Å². The fourth-order valence-electron chi connectivity index (χ4n) is 1.04. The minimum absolute atomic E-state index is 0.0252. The van der Waals surface area contributed by atoms with E-state index in [9.17, 15) is 4.79 Å². The first-order valence-electron chi connectivity index (χ1n) is 4.03. The average Bonchev–Trinajstić information content (AvgIpc) is 2.12. The second-order valence-electron chi connectivity index (χ2n) is 2.71. The number of aryl methyl sites for hydroxylation is 1. The smallest absolute Gasteiger partial charge is 0.267 e. The van der Waals surface area contributed by atoms with Crippen molar-refractivity contribution in [2.24, 2.45) is 0 Å². The molecule has 1 aromatic heterocycles. The van der Waals surface area contributed by atoms with Crippen molar-refractivity contribution in [3.8, 4) is 0 Å². The van der Waals surface area contributed by atoms with Gasteiger partial charge in [0, 0.05) is 19.3 Å². The second kappa shape index (κ2) is 4.53. The molecular weight excluding hydrogens is 234 g/mol. The van der Waals surface area contributed by atoms with Gasteiger partial charge in [-0.3, -0.25) is 9.36 Å². The number of aromatic nitrogens is 2. The molecule has 0 aliphatic rings. The molecule has 0 fully saturated rings. The number of nitrogens with zero attached hydrogens (tertiary/aromatic N) is 2. The van der Waals surface area contributed by atoms with Crippen LogP contribution in [0.25, 0.3) is 0 Å². The van der Waals surface area contributed by atoms with E-state index in [1.54, 1.807) is 4.57 Å². The summed E-state index contributed by atoms with van der Waals surface area (Å²) in [5.41, 5.74) is -0.0252. The summed E-state index contributed by atoms with van der Waals surface area (Å²) in [4.78, 5) is 15.6. The Morgan fingerprint density at radius 2 is 2.38 bits per heavy atom. The molecule has 0 saturated heterocycles. The molecule has 0 unspecified atom stereocenters. The maximum absolute atomic E-state index is 11.5. The largest absolute Gasteiger partial charge is 0.318 e. The van der Waals surface area contributed by atoms with Gasteiger partial charge >= 0.3 is 0 Å². The maximum atomic E-state index is 11.5. The van der Waals surface area contributed by atoms with Crippen molar-refractivity contribution >= 4 is 15.9 Å². The van der Waals surface area contributed by atoms with Crippen molar-refractivity contribution in [2.45, 2.75) is 13.5 Å². The van der Waals surface area contributed by atoms with Crippen LogP contribution in [0.1, 0.15) is 5.82 Å². The molecule has 0 bridgehead atoms. The highest BCUT2D eigenvalue weighted by Crippen LogP contribution is 2.00. The Hall–Kier alpha value is -0.680. The van der Waals surface area contributed by atoms with Gasteiger partial charge in [0.25, 0.3) is 5.56 Å². The van der Waals surface area contributed by atoms with E-state index in [1.165, 1.54) is 6.20 Å². The third-order valence-electron chi connectivity index (χ3n) is 1.79. The summed E-state index contributed by atoms with van der Waals surface area (Å²) in [7, 11) is 1.85. The quantitative estimate of drug-likeness (QED) is 0.846. The summed E-state index contributed by atoms with van der Waals surface area (Å²) in [6.07, 6.45) is 1.54. The SMILES string of the molecule is CNCCn1c(C)ncc(Br)c1=O. The molecule has 0 spiro atoms. The standard InChI is InChI=1S/C8H12BrN3O/c1-6-11-5-7(9)8(13)12(6)4-3-10-2/h5,10H,3-4H2,1-2H3. The van der Waals surface area contributed by atoms with E-state index in [-0.39, 0.29) is 5.56 Å². The monoisotopic (exact) mass is 245 g/mol. The molecule has 5 heteroatoms. The Balaban J connectivity index is 3.03. The van der Waals surface area contributed by atoms with Crippen molar-refractivity contribution in [1.29, 1.82) is 0 Å². The minimum Gasteiger partial charge on any atom is -0.318 e. The van der Waals surface area contributed by atoms with E-state index >= 15 is 0 Å². The summed E-state index contributed by atoms with van der Waals surface area (Å²) in [6.45, 7) is 3.23. The fraction of sp³-hybridized carbons (Fsp3) is 0.500. The number of halogens is 1. The lowest BCUT2D eigenvalue weighted by molar-refractivity contribution is 0.595. The number of hydrogen-bond donors (Lipinski definition) is 1. The third kappa shape index (κ3) is 2.38. The maximum Gasteiger partial charge on any atom is 0.267 e. The predicted molar refractivity (Wildman–Crippen MR) is 54.9 cm³/mol. The number of nitrogens with one attached hydrogen (secondary N) is 1. The van der Waals surface area contributed by atoms with Gasteiger partial charge < -0.3 is 5.32 Å². The fourth-order valence-corrected chi connectivity index (χ4v) is 1.35. The van der Waals surface area contributed by atoms with E-state index in [2.05, 4.69) is 26.2 Å². The van der Waals surface area contributed by atoms with Crippen LogP contribution in [0.3, 0.4) is 0 Å². The van der Waals surface area contributed by atoms with E-state index in [0.717, 1.165) is 12.4 Å². The molecule has 0 radical (unpaired) electrons. The van der Waals surface area contributed by atoms with E-state index in [0.29, 0.717) is 11.0 Å². The Morgan fingerprint density at radius 1 is 1.69 bits per heavy atom. The molecule has 1 heterocycles. The minimum atomic E-state index is -0.0252. The first-order chi connectivity index (χ1) is 6.16. The lowest BCUT2D eigenvalue weighted by Crippen LogP contribution is -2.28. The number of hydrogen-bond acceptors (Lipinski definition) is 3. The summed E-state index contributed by atoms with van der Waals surface area (Å²) >= 11 is 3.16. The van der Waals surface area contributed by atoms with Gasteiger partial charge in [0.2, 0.25) is 0 Å². The molecular formula is C8H12BrN3O. The van der Waals surface area contributed by atoms with Gasteiger partial charge in [-0.25, -0.2) is 4.98 Å². The number of likely N-dealkylation sites (N-methyl/N-ethyl adjacent to an activating group) is 1. The molecule has 0 aliphatic heterocycles. The zero-order valence-electron chi connectivity index (χ0n) is 7.67. The van der Waals surface area contributed by atoms with Gasteiger partial charge in [-0.2, -0.15) is 0 Å². The molecule has 1 rings (SSSR count). The highest BCUT2D eigenvalue weighted by Gasteiger charge is 2.03. The van der Waals surface area contributed by atoms with Crippen LogP contribution in [-0.4, -0.2) is 23.1 Å². The second-order valence-corrected chi connectivity index (χ2v) is 3.57. The van der Waals surface area contributed by atoms with Gasteiger partial charge in [0.05, 0.1) is 0 Å². The molecule has 0 amide bonds. The van der Waals surface area contributed by atoms with Crippen LogP contribution >= 0.6 is 15.9 Å². The van der Waals surface area contributed by atoms with E-state index < -0.39 is 0 Å². The zero-order valence-corrected chi connectivity index (χ0v) is 9.26. The lowest BCUT2D eigenvalue weighted by Gasteiger charge is -2.08. The molecule has 1 N–H and O–H groups in total. The van der Waals surface area contributed by atoms with E-state index in [1.807, 2.05) is 14.0 Å². The number of rotatable bonds is 3. The van der Waals surface area contributed by atoms with Crippen molar-refractivity contribution in [3.05, 3.63) is 26.8 Å². The molecule has 0 aromatic carbocycles. The molecule has 4 nitrogen and oxygen atoms in total. The van der Waals surface area contributed by atoms with Crippen LogP contribution in [0, 0.1) is 6.92 Å².